The predicted molar refractivity (Wildman–Crippen MR) is 129 cm³/mol. The van der Waals surface area contributed by atoms with Gasteiger partial charge < -0.3 is 25.1 Å². The van der Waals surface area contributed by atoms with E-state index in [4.69, 9.17) is 14.9 Å². The highest BCUT2D eigenvalue weighted by Crippen LogP contribution is 2.26. The van der Waals surface area contributed by atoms with Crippen molar-refractivity contribution >= 4 is 23.7 Å². The van der Waals surface area contributed by atoms with Gasteiger partial charge in [-0.05, 0) is 29.0 Å². The van der Waals surface area contributed by atoms with Gasteiger partial charge >= 0.3 is 23.7 Å². The minimum Gasteiger partial charge on any atom is -0.478 e. The first-order valence-corrected chi connectivity index (χ1v) is 10.8. The molecule has 0 aliphatic carbocycles. The van der Waals surface area contributed by atoms with Gasteiger partial charge in [0.05, 0.1) is 5.92 Å². The van der Waals surface area contributed by atoms with Gasteiger partial charge in [0.25, 0.3) is 0 Å². The predicted octanol–water partition coefficient (Wildman–Crippen LogP) is 3.96. The molecule has 1 atom stereocenters. The van der Waals surface area contributed by atoms with Crippen LogP contribution in [0.2, 0.25) is 0 Å². The van der Waals surface area contributed by atoms with E-state index in [-0.39, 0.29) is 19.0 Å². The average Bonchev–Trinajstić information content (AvgIpc) is 3.23. The Labute approximate surface area is 210 Å². The number of carboxylic acid groups (broad SMARTS) is 2. The van der Waals surface area contributed by atoms with Crippen molar-refractivity contribution in [2.24, 2.45) is 0 Å². The number of aliphatic carboxylic acids is 2. The number of carbonyl (C=O) groups excluding carboxylic acids is 1. The molecule has 2 aromatic carbocycles. The van der Waals surface area contributed by atoms with Crippen LogP contribution in [-0.2, 0) is 25.7 Å². The smallest absolute Gasteiger partial charge is 0.342 e. The number of halogens is 1. The lowest BCUT2D eigenvalue weighted by Crippen LogP contribution is -2.17. The Morgan fingerprint density at radius 1 is 1.14 bits per heavy atom. The summed E-state index contributed by atoms with van der Waals surface area (Å²) in [5.41, 5.74) is 1.71. The standard InChI is InChI=1S/C21H20FN3O4.C4H4O4/c1-14(17-8-9-18(19(22)12-17)16-6-4-3-5-7-16)21(26)29-11-10-24-15(2)23-13-20(24)25(27)28;5-3(6)1-2-4(7)8/h3-9,12-14H,10-11H2,1-2H3;1-2H,(H,5,6)(H,7,8)/b;2-1-/t14-;/m0./s1. The number of aromatic nitrogens is 2. The zero-order valence-electron chi connectivity index (χ0n) is 19.9. The molecule has 0 fully saturated rings. The molecule has 0 aliphatic rings. The van der Waals surface area contributed by atoms with Crippen LogP contribution in [-0.4, -0.2) is 49.2 Å². The number of esters is 1. The van der Waals surface area contributed by atoms with Crippen molar-refractivity contribution in [1.82, 2.24) is 9.55 Å². The second kappa shape index (κ2) is 13.3. The third kappa shape index (κ3) is 8.38. The minimum absolute atomic E-state index is 0.0498. The van der Waals surface area contributed by atoms with Gasteiger partial charge in [-0.1, -0.05) is 42.5 Å². The van der Waals surface area contributed by atoms with Gasteiger partial charge in [0.15, 0.2) is 5.82 Å². The van der Waals surface area contributed by atoms with Crippen LogP contribution in [0.3, 0.4) is 0 Å². The second-order valence-electron chi connectivity index (χ2n) is 7.58. The fraction of sp³-hybridized carbons (Fsp3) is 0.200. The molecule has 3 aromatic rings. The summed E-state index contributed by atoms with van der Waals surface area (Å²) in [6.07, 6.45) is 2.28. The highest BCUT2D eigenvalue weighted by atomic mass is 19.1. The zero-order chi connectivity index (χ0) is 27.5. The van der Waals surface area contributed by atoms with E-state index in [1.165, 1.54) is 10.6 Å². The van der Waals surface area contributed by atoms with E-state index in [1.54, 1.807) is 26.0 Å². The van der Waals surface area contributed by atoms with Crippen LogP contribution >= 0.6 is 0 Å². The van der Waals surface area contributed by atoms with Crippen LogP contribution in [0.1, 0.15) is 24.2 Å². The van der Waals surface area contributed by atoms with Gasteiger partial charge in [0.2, 0.25) is 0 Å². The van der Waals surface area contributed by atoms with Crippen LogP contribution in [0, 0.1) is 22.9 Å². The van der Waals surface area contributed by atoms with Gasteiger partial charge in [-0.3, -0.25) is 4.79 Å². The van der Waals surface area contributed by atoms with Crippen molar-refractivity contribution in [3.05, 3.63) is 94.2 Å². The van der Waals surface area contributed by atoms with Crippen molar-refractivity contribution in [3.63, 3.8) is 0 Å². The molecule has 0 saturated heterocycles. The zero-order valence-corrected chi connectivity index (χ0v) is 19.9. The fourth-order valence-corrected chi connectivity index (χ4v) is 3.17. The summed E-state index contributed by atoms with van der Waals surface area (Å²) in [7, 11) is 0. The fourth-order valence-electron chi connectivity index (χ4n) is 3.17. The number of nitro groups is 1. The summed E-state index contributed by atoms with van der Waals surface area (Å²) in [5, 5.41) is 26.6. The van der Waals surface area contributed by atoms with Crippen LogP contribution in [0.5, 0.6) is 0 Å². The molecule has 0 saturated carbocycles. The molecule has 12 heteroatoms. The Kier molecular flexibility index (Phi) is 10.2. The van der Waals surface area contributed by atoms with Gasteiger partial charge in [-0.25, -0.2) is 23.5 Å². The van der Waals surface area contributed by atoms with Gasteiger partial charge in [0.1, 0.15) is 25.2 Å². The molecule has 2 N–H and O–H groups in total. The number of imidazole rings is 1. The summed E-state index contributed by atoms with van der Waals surface area (Å²) < 4.78 is 21.1. The normalized spacial score (nSPS) is 11.3. The van der Waals surface area contributed by atoms with Gasteiger partial charge in [-0.15, -0.1) is 0 Å². The maximum Gasteiger partial charge on any atom is 0.342 e. The topological polar surface area (TPSA) is 162 Å². The number of carboxylic acids is 2. The molecular formula is C25H24FN3O8. The number of hydrogen-bond donors (Lipinski definition) is 2. The number of rotatable bonds is 9. The van der Waals surface area contributed by atoms with E-state index >= 15 is 0 Å². The molecule has 0 unspecified atom stereocenters. The first kappa shape index (κ1) is 28.4. The maximum atomic E-state index is 14.5. The lowest BCUT2D eigenvalue weighted by atomic mass is 9.97. The number of hydrogen-bond acceptors (Lipinski definition) is 7. The quantitative estimate of drug-likeness (QED) is 0.187. The summed E-state index contributed by atoms with van der Waals surface area (Å²) in [5.74, 6) is -3.84. The van der Waals surface area contributed by atoms with Gasteiger partial charge in [0, 0.05) is 24.6 Å². The minimum atomic E-state index is -1.26. The number of aryl methyl sites for hydroxylation is 1. The molecule has 11 nitrogen and oxygen atoms in total. The molecule has 3 rings (SSSR count). The van der Waals surface area contributed by atoms with E-state index in [9.17, 15) is 28.9 Å². The van der Waals surface area contributed by atoms with Crippen molar-refractivity contribution in [3.8, 4) is 11.1 Å². The van der Waals surface area contributed by atoms with Crippen molar-refractivity contribution < 1.29 is 38.6 Å². The van der Waals surface area contributed by atoms with E-state index in [2.05, 4.69) is 4.98 Å². The van der Waals surface area contributed by atoms with Crippen molar-refractivity contribution in [2.75, 3.05) is 6.61 Å². The molecule has 0 bridgehead atoms. The molecule has 1 heterocycles. The lowest BCUT2D eigenvalue weighted by Gasteiger charge is -2.13. The second-order valence-corrected chi connectivity index (χ2v) is 7.58. The third-order valence-electron chi connectivity index (χ3n) is 5.08. The lowest BCUT2D eigenvalue weighted by molar-refractivity contribution is -0.392. The monoisotopic (exact) mass is 513 g/mol. The molecule has 194 valence electrons. The number of nitrogens with zero attached hydrogens (tertiary/aromatic N) is 3. The Bertz CT molecular complexity index is 1290. The number of carbonyl (C=O) groups is 3. The van der Waals surface area contributed by atoms with E-state index in [1.807, 2.05) is 30.3 Å². The van der Waals surface area contributed by atoms with E-state index < -0.39 is 34.6 Å². The van der Waals surface area contributed by atoms with Gasteiger partial charge in [-0.2, -0.15) is 0 Å². The largest absolute Gasteiger partial charge is 0.478 e. The number of benzene rings is 2. The summed E-state index contributed by atoms with van der Waals surface area (Å²) in [6, 6.07) is 13.8. The van der Waals surface area contributed by atoms with Crippen LogP contribution in [0.15, 0.2) is 66.9 Å². The van der Waals surface area contributed by atoms with E-state index in [0.29, 0.717) is 29.1 Å². The first-order valence-electron chi connectivity index (χ1n) is 10.8. The van der Waals surface area contributed by atoms with Crippen molar-refractivity contribution in [1.29, 1.82) is 0 Å². The average molecular weight is 513 g/mol. The Morgan fingerprint density at radius 3 is 2.30 bits per heavy atom. The SMILES string of the molecule is Cc1ncc([N+](=O)[O-])n1CCOC(=O)[C@@H](C)c1ccc(-c2ccccc2)c(F)c1.O=C(O)/C=C\C(=O)O. The molecule has 0 amide bonds. The maximum absolute atomic E-state index is 14.5. The van der Waals surface area contributed by atoms with E-state index in [0.717, 1.165) is 11.8 Å². The molecule has 1 aromatic heterocycles. The molecule has 0 aliphatic heterocycles. The van der Waals surface area contributed by atoms with Crippen LogP contribution in [0.4, 0.5) is 10.2 Å². The van der Waals surface area contributed by atoms with Crippen LogP contribution < -0.4 is 0 Å². The Balaban J connectivity index is 0.000000521. The Hall–Kier alpha value is -4.87. The molecule has 37 heavy (non-hydrogen) atoms. The highest BCUT2D eigenvalue weighted by molar-refractivity contribution is 5.89. The molecular weight excluding hydrogens is 489 g/mol. The molecule has 0 radical (unpaired) electrons. The Morgan fingerprint density at radius 2 is 1.76 bits per heavy atom. The summed E-state index contributed by atoms with van der Waals surface area (Å²) >= 11 is 0. The molecule has 0 spiro atoms. The van der Waals surface area contributed by atoms with Crippen molar-refractivity contribution in [2.45, 2.75) is 26.3 Å². The number of ether oxygens (including phenoxy) is 1. The third-order valence-corrected chi connectivity index (χ3v) is 5.08. The summed E-state index contributed by atoms with van der Waals surface area (Å²) in [4.78, 5) is 45.8. The summed E-state index contributed by atoms with van der Waals surface area (Å²) in [6.45, 7) is 3.33. The first-order chi connectivity index (χ1) is 17.5. The van der Waals surface area contributed by atoms with Crippen LogP contribution in [0.25, 0.3) is 11.1 Å². The highest BCUT2D eigenvalue weighted by Gasteiger charge is 2.21.